The molecule has 3 heteroatoms. The number of ether oxygens (including phenoxy) is 1. The van der Waals surface area contributed by atoms with Crippen molar-refractivity contribution in [1.29, 1.82) is 0 Å². The molecule has 3 nitrogen and oxygen atoms in total. The van der Waals surface area contributed by atoms with Crippen LogP contribution in [0.25, 0.3) is 0 Å². The highest BCUT2D eigenvalue weighted by molar-refractivity contribution is 6.03. The number of hydrogen-bond acceptors (Lipinski definition) is 3. The summed E-state index contributed by atoms with van der Waals surface area (Å²) in [6, 6.07) is 0. The lowest BCUT2D eigenvalue weighted by Gasteiger charge is -2.13. The second kappa shape index (κ2) is 2.32. The first-order chi connectivity index (χ1) is 4.97. The summed E-state index contributed by atoms with van der Waals surface area (Å²) in [5.74, 6) is -0.482. The summed E-state index contributed by atoms with van der Waals surface area (Å²) < 4.78 is 4.88. The molecular formula is C8H12O3. The average molecular weight is 156 g/mol. The van der Waals surface area contributed by atoms with Gasteiger partial charge in [0.1, 0.15) is 17.3 Å². The number of esters is 1. The van der Waals surface area contributed by atoms with E-state index in [0.717, 1.165) is 0 Å². The second-order valence-corrected chi connectivity index (χ2v) is 3.31. The van der Waals surface area contributed by atoms with E-state index in [9.17, 15) is 9.59 Å². The predicted molar refractivity (Wildman–Crippen MR) is 39.0 cm³/mol. The van der Waals surface area contributed by atoms with Gasteiger partial charge in [0, 0.05) is 6.42 Å². The van der Waals surface area contributed by atoms with E-state index in [1.165, 1.54) is 6.92 Å². The van der Waals surface area contributed by atoms with E-state index in [4.69, 9.17) is 4.74 Å². The Morgan fingerprint density at radius 2 is 2.27 bits per heavy atom. The van der Waals surface area contributed by atoms with Gasteiger partial charge in [-0.05, 0) is 20.8 Å². The van der Waals surface area contributed by atoms with E-state index in [1.807, 2.05) is 0 Å². The van der Waals surface area contributed by atoms with Gasteiger partial charge >= 0.3 is 5.97 Å². The molecular weight excluding hydrogens is 144 g/mol. The maximum atomic E-state index is 11.1. The van der Waals surface area contributed by atoms with Crippen molar-refractivity contribution in [3.05, 3.63) is 0 Å². The Labute approximate surface area is 65.7 Å². The zero-order chi connectivity index (χ0) is 8.65. The maximum Gasteiger partial charge on any atom is 0.319 e. The molecule has 11 heavy (non-hydrogen) atoms. The fraction of sp³-hybridized carbons (Fsp3) is 0.750. The zero-order valence-corrected chi connectivity index (χ0v) is 7.01. The van der Waals surface area contributed by atoms with Gasteiger partial charge in [0.25, 0.3) is 0 Å². The molecule has 0 spiro atoms. The highest BCUT2D eigenvalue weighted by atomic mass is 16.6. The predicted octanol–water partition coefficient (Wildman–Crippen LogP) is 0.917. The topological polar surface area (TPSA) is 43.4 Å². The summed E-state index contributed by atoms with van der Waals surface area (Å²) in [4.78, 5) is 22.1. The lowest BCUT2D eigenvalue weighted by Crippen LogP contribution is -2.30. The van der Waals surface area contributed by atoms with Crippen molar-refractivity contribution in [3.63, 3.8) is 0 Å². The number of ketones is 1. The number of carbonyl (C=O) groups is 2. The van der Waals surface area contributed by atoms with Crippen LogP contribution >= 0.6 is 0 Å². The van der Waals surface area contributed by atoms with Crippen molar-refractivity contribution in [1.82, 2.24) is 0 Å². The number of cyclic esters (lactones) is 1. The molecule has 1 aliphatic heterocycles. The summed E-state index contributed by atoms with van der Waals surface area (Å²) >= 11 is 0. The van der Waals surface area contributed by atoms with Crippen molar-refractivity contribution in [2.24, 2.45) is 5.41 Å². The van der Waals surface area contributed by atoms with Crippen LogP contribution in [0.5, 0.6) is 0 Å². The number of carbonyl (C=O) groups excluding carboxylic acids is 2. The van der Waals surface area contributed by atoms with E-state index < -0.39 is 5.41 Å². The van der Waals surface area contributed by atoms with Crippen molar-refractivity contribution < 1.29 is 14.3 Å². The molecule has 1 rings (SSSR count). The van der Waals surface area contributed by atoms with Crippen molar-refractivity contribution >= 4 is 11.8 Å². The average Bonchev–Trinajstić information content (AvgIpc) is 2.08. The van der Waals surface area contributed by atoms with Crippen LogP contribution in [0, 0.1) is 5.41 Å². The largest absolute Gasteiger partial charge is 0.462 e. The Hall–Kier alpha value is -0.860. The van der Waals surface area contributed by atoms with Crippen LogP contribution in [0.3, 0.4) is 0 Å². The Kier molecular flexibility index (Phi) is 1.74. The number of rotatable bonds is 1. The molecule has 62 valence electrons. The minimum atomic E-state index is -0.876. The Balaban J connectivity index is 2.88. The number of hydrogen-bond donors (Lipinski definition) is 0. The van der Waals surface area contributed by atoms with Gasteiger partial charge < -0.3 is 4.74 Å². The summed E-state index contributed by atoms with van der Waals surface area (Å²) in [6.07, 6.45) is 0.401. The quantitative estimate of drug-likeness (QED) is 0.418. The fourth-order valence-electron chi connectivity index (χ4n) is 1.30. The molecule has 1 saturated heterocycles. The van der Waals surface area contributed by atoms with Crippen molar-refractivity contribution in [2.45, 2.75) is 33.3 Å². The van der Waals surface area contributed by atoms with Gasteiger partial charge in [0.05, 0.1) is 0 Å². The third-order valence-corrected chi connectivity index (χ3v) is 2.23. The molecule has 0 N–H and O–H groups in total. The normalized spacial score (nSPS) is 37.0. The first-order valence-electron chi connectivity index (χ1n) is 3.69. The third kappa shape index (κ3) is 1.15. The van der Waals surface area contributed by atoms with Crippen LogP contribution in [-0.4, -0.2) is 17.9 Å². The van der Waals surface area contributed by atoms with E-state index in [2.05, 4.69) is 0 Å². The minimum absolute atomic E-state index is 0.105. The van der Waals surface area contributed by atoms with Gasteiger partial charge in [-0.3, -0.25) is 9.59 Å². The third-order valence-electron chi connectivity index (χ3n) is 2.23. The first-order valence-corrected chi connectivity index (χ1v) is 3.69. The van der Waals surface area contributed by atoms with Crippen LogP contribution in [0.15, 0.2) is 0 Å². The van der Waals surface area contributed by atoms with E-state index in [0.29, 0.717) is 6.42 Å². The molecule has 0 amide bonds. The molecule has 0 aromatic carbocycles. The molecule has 0 aromatic heterocycles. The van der Waals surface area contributed by atoms with E-state index in [-0.39, 0.29) is 17.9 Å². The standard InChI is InChI=1S/C8H12O3/c1-5-4-8(3,6(2)9)7(10)11-5/h5H,4H2,1-3H3. The van der Waals surface area contributed by atoms with Crippen LogP contribution < -0.4 is 0 Å². The van der Waals surface area contributed by atoms with Crippen LogP contribution in [0.4, 0.5) is 0 Å². The van der Waals surface area contributed by atoms with Crippen molar-refractivity contribution in [2.75, 3.05) is 0 Å². The van der Waals surface area contributed by atoms with Gasteiger partial charge in [-0.15, -0.1) is 0 Å². The lowest BCUT2D eigenvalue weighted by molar-refractivity contribution is -0.151. The molecule has 2 unspecified atom stereocenters. The van der Waals surface area contributed by atoms with Gasteiger partial charge in [0.15, 0.2) is 0 Å². The summed E-state index contributed by atoms with van der Waals surface area (Å²) in [5.41, 5.74) is -0.876. The minimum Gasteiger partial charge on any atom is -0.462 e. The summed E-state index contributed by atoms with van der Waals surface area (Å²) in [7, 11) is 0. The summed E-state index contributed by atoms with van der Waals surface area (Å²) in [5, 5.41) is 0. The monoisotopic (exact) mass is 156 g/mol. The second-order valence-electron chi connectivity index (χ2n) is 3.31. The van der Waals surface area contributed by atoms with Gasteiger partial charge in [-0.1, -0.05) is 0 Å². The molecule has 0 saturated carbocycles. The van der Waals surface area contributed by atoms with Gasteiger partial charge in [-0.25, -0.2) is 0 Å². The summed E-state index contributed by atoms with van der Waals surface area (Å²) in [6.45, 7) is 4.87. The Bertz CT molecular complexity index is 209. The van der Waals surface area contributed by atoms with Crippen molar-refractivity contribution in [3.8, 4) is 0 Å². The fourth-order valence-corrected chi connectivity index (χ4v) is 1.30. The smallest absolute Gasteiger partial charge is 0.319 e. The zero-order valence-electron chi connectivity index (χ0n) is 7.01. The van der Waals surface area contributed by atoms with E-state index >= 15 is 0 Å². The SMILES string of the molecule is CC(=O)C1(C)CC(C)OC1=O. The Morgan fingerprint density at radius 3 is 2.45 bits per heavy atom. The molecule has 0 bridgehead atoms. The van der Waals surface area contributed by atoms with Gasteiger partial charge in [0.2, 0.25) is 0 Å². The molecule has 1 aliphatic rings. The van der Waals surface area contributed by atoms with Crippen LogP contribution in [0.2, 0.25) is 0 Å². The van der Waals surface area contributed by atoms with Crippen LogP contribution in [-0.2, 0) is 14.3 Å². The number of Topliss-reactive ketones (excluding diaryl/α,β-unsaturated/α-hetero) is 1. The highest BCUT2D eigenvalue weighted by Gasteiger charge is 2.47. The Morgan fingerprint density at radius 1 is 1.73 bits per heavy atom. The molecule has 2 atom stereocenters. The maximum absolute atomic E-state index is 11.1. The molecule has 0 aromatic rings. The molecule has 0 aliphatic carbocycles. The first kappa shape index (κ1) is 8.24. The molecule has 1 fully saturated rings. The molecule has 0 radical (unpaired) electrons. The van der Waals surface area contributed by atoms with Crippen LogP contribution in [0.1, 0.15) is 27.2 Å². The molecule has 1 heterocycles. The lowest BCUT2D eigenvalue weighted by atomic mass is 9.84. The van der Waals surface area contributed by atoms with Gasteiger partial charge in [-0.2, -0.15) is 0 Å². The highest BCUT2D eigenvalue weighted by Crippen LogP contribution is 2.34. The van der Waals surface area contributed by atoms with E-state index in [1.54, 1.807) is 13.8 Å².